The van der Waals surface area contributed by atoms with Gasteiger partial charge in [0.2, 0.25) is 0 Å². The zero-order valence-electron chi connectivity index (χ0n) is 12.8. The summed E-state index contributed by atoms with van der Waals surface area (Å²) >= 11 is 5.30. The number of nitrogens with one attached hydrogen (secondary N) is 2. The van der Waals surface area contributed by atoms with Crippen LogP contribution in [0.4, 0.5) is 11.4 Å². The fourth-order valence-corrected chi connectivity index (χ4v) is 2.13. The Hall–Kier alpha value is -0.997. The zero-order chi connectivity index (χ0) is 15.8. The summed E-state index contributed by atoms with van der Waals surface area (Å²) in [6.45, 7) is 5.24. The minimum absolute atomic E-state index is 0. The van der Waals surface area contributed by atoms with Crippen LogP contribution in [-0.2, 0) is 0 Å². The molecule has 2 rings (SSSR count). The van der Waals surface area contributed by atoms with Gasteiger partial charge in [-0.1, -0.05) is 0 Å². The first-order valence-corrected chi connectivity index (χ1v) is 7.65. The van der Waals surface area contributed by atoms with E-state index < -0.39 is 0 Å². The minimum atomic E-state index is 0. The summed E-state index contributed by atoms with van der Waals surface area (Å²) in [5, 5.41) is 6.80. The zero-order valence-corrected chi connectivity index (χ0v) is 13.6. The van der Waals surface area contributed by atoms with Crippen molar-refractivity contribution >= 4 is 68.3 Å². The summed E-state index contributed by atoms with van der Waals surface area (Å²) in [7, 11) is 0. The van der Waals surface area contributed by atoms with E-state index in [-0.39, 0.29) is 39.6 Å². The molecule has 2 aromatic carbocycles. The number of hydrogen-bond acceptors (Lipinski definition) is 3. The third kappa shape index (κ3) is 7.72. The molecule has 2 N–H and O–H groups in total. The van der Waals surface area contributed by atoms with Crippen LogP contribution < -0.4 is 20.1 Å². The summed E-state index contributed by atoms with van der Waals surface area (Å²) in [5.74, 6) is 1.69. The molecule has 0 heterocycles. The van der Waals surface area contributed by atoms with Crippen molar-refractivity contribution in [3.8, 4) is 11.5 Å². The number of hydrogen-bond donors (Lipinski definition) is 2. The third-order valence-electron chi connectivity index (χ3n) is 2.85. The number of ether oxygens (including phenoxy) is 2. The van der Waals surface area contributed by atoms with Crippen LogP contribution >= 0.6 is 12.2 Å². The van der Waals surface area contributed by atoms with Crippen molar-refractivity contribution < 1.29 is 9.47 Å². The number of anilines is 2. The van der Waals surface area contributed by atoms with Gasteiger partial charge in [-0.05, 0) is 74.6 Å². The van der Waals surface area contributed by atoms with Gasteiger partial charge in [-0.3, -0.25) is 0 Å². The number of rotatable bonds is 6. The molecule has 0 spiro atoms. The predicted molar refractivity (Wildman–Crippen MR) is 115 cm³/mol. The summed E-state index contributed by atoms with van der Waals surface area (Å²) in [6.07, 6.45) is 0. The van der Waals surface area contributed by atoms with Crippen molar-refractivity contribution in [1.82, 2.24) is 0 Å². The quantitative estimate of drug-likeness (QED) is 0.508. The Kier molecular flexibility index (Phi) is 11.9. The van der Waals surface area contributed by atoms with Crippen molar-refractivity contribution in [2.75, 3.05) is 23.8 Å². The average molecular weight is 462 g/mol. The summed E-state index contributed by atoms with van der Waals surface area (Å²) < 4.78 is 10.8. The molecular formula is C17H26Ga2N2O2S. The van der Waals surface area contributed by atoms with Gasteiger partial charge in [-0.25, -0.2) is 0 Å². The topological polar surface area (TPSA) is 42.5 Å². The molecule has 0 saturated carbocycles. The SMILES string of the molecule is CCOc1ccc(NC(=S)Nc2ccc(OCC)cc2)cc1.[GaH3].[GaH3]. The second kappa shape index (κ2) is 12.4. The second-order valence-corrected chi connectivity index (χ2v) is 4.90. The van der Waals surface area contributed by atoms with Gasteiger partial charge in [-0.2, -0.15) is 0 Å². The standard InChI is InChI=1S/C17H20N2O2S.2Ga.6H/c1-3-20-15-9-5-13(6-10-15)18-17(22)19-14-7-11-16(12-8-14)21-4-2;;;;;;;;/h5-12H,3-4H2,1-2H3,(H2,18,19,22);;;;;;;;. The summed E-state index contributed by atoms with van der Waals surface area (Å²) in [4.78, 5) is 0. The normalized spacial score (nSPS) is 9.08. The Morgan fingerprint density at radius 3 is 1.38 bits per heavy atom. The molecule has 128 valence electrons. The van der Waals surface area contributed by atoms with Gasteiger partial charge in [0.05, 0.1) is 13.2 Å². The Labute approximate surface area is 174 Å². The summed E-state index contributed by atoms with van der Waals surface area (Å²) in [5.41, 5.74) is 1.82. The first-order chi connectivity index (χ1) is 10.7. The number of benzene rings is 2. The molecule has 0 aliphatic heterocycles. The monoisotopic (exact) mass is 460 g/mol. The van der Waals surface area contributed by atoms with E-state index in [1.807, 2.05) is 62.4 Å². The molecule has 0 saturated heterocycles. The molecule has 4 nitrogen and oxygen atoms in total. The fourth-order valence-electron chi connectivity index (χ4n) is 1.90. The van der Waals surface area contributed by atoms with Crippen LogP contribution in [0.25, 0.3) is 0 Å². The van der Waals surface area contributed by atoms with Crippen molar-refractivity contribution in [2.45, 2.75) is 13.8 Å². The Bertz CT molecular complexity index is 553. The van der Waals surface area contributed by atoms with Crippen molar-refractivity contribution in [2.24, 2.45) is 0 Å². The van der Waals surface area contributed by atoms with Crippen molar-refractivity contribution in [1.29, 1.82) is 0 Å². The molecule has 0 fully saturated rings. The Morgan fingerprint density at radius 1 is 0.750 bits per heavy atom. The van der Waals surface area contributed by atoms with E-state index in [1.165, 1.54) is 0 Å². The van der Waals surface area contributed by atoms with Gasteiger partial charge >= 0.3 is 39.6 Å². The first-order valence-electron chi connectivity index (χ1n) is 7.25. The predicted octanol–water partition coefficient (Wildman–Crippen LogP) is 1.93. The van der Waals surface area contributed by atoms with Crippen LogP contribution in [0.2, 0.25) is 0 Å². The van der Waals surface area contributed by atoms with Crippen LogP contribution in [0, 0.1) is 0 Å². The van der Waals surface area contributed by atoms with Crippen LogP contribution in [0.3, 0.4) is 0 Å². The molecule has 0 unspecified atom stereocenters. The van der Waals surface area contributed by atoms with Crippen LogP contribution in [0.1, 0.15) is 13.8 Å². The van der Waals surface area contributed by atoms with Crippen LogP contribution in [0.15, 0.2) is 48.5 Å². The van der Waals surface area contributed by atoms with E-state index in [2.05, 4.69) is 10.6 Å². The molecule has 0 bridgehead atoms. The van der Waals surface area contributed by atoms with Crippen molar-refractivity contribution in [3.05, 3.63) is 48.5 Å². The molecule has 0 aromatic heterocycles. The Balaban J connectivity index is 0.00000264. The van der Waals surface area contributed by atoms with Gasteiger partial charge in [-0.15, -0.1) is 0 Å². The van der Waals surface area contributed by atoms with Gasteiger partial charge in [0.1, 0.15) is 11.5 Å². The van der Waals surface area contributed by atoms with Crippen LogP contribution in [-0.4, -0.2) is 57.9 Å². The van der Waals surface area contributed by atoms with E-state index in [0.717, 1.165) is 22.9 Å². The van der Waals surface area contributed by atoms with E-state index >= 15 is 0 Å². The molecule has 0 amide bonds. The third-order valence-corrected chi connectivity index (χ3v) is 3.05. The Morgan fingerprint density at radius 2 is 1.08 bits per heavy atom. The second-order valence-electron chi connectivity index (χ2n) is 4.49. The first kappa shape index (κ1) is 23.0. The average Bonchev–Trinajstić information content (AvgIpc) is 2.52. The number of thiocarbonyl (C=S) groups is 1. The maximum absolute atomic E-state index is 5.40. The molecule has 7 heteroatoms. The molecule has 0 atom stereocenters. The molecule has 0 aliphatic rings. The summed E-state index contributed by atoms with van der Waals surface area (Å²) in [6, 6.07) is 15.3. The molecular weight excluding hydrogens is 436 g/mol. The maximum atomic E-state index is 5.40. The molecule has 2 aromatic rings. The van der Waals surface area contributed by atoms with Gasteiger partial charge in [0, 0.05) is 11.4 Å². The van der Waals surface area contributed by atoms with Gasteiger partial charge in [0.25, 0.3) is 0 Å². The van der Waals surface area contributed by atoms with Crippen molar-refractivity contribution in [3.63, 3.8) is 0 Å². The van der Waals surface area contributed by atoms with E-state index in [1.54, 1.807) is 0 Å². The molecule has 0 aliphatic carbocycles. The van der Waals surface area contributed by atoms with E-state index in [4.69, 9.17) is 21.7 Å². The molecule has 24 heavy (non-hydrogen) atoms. The van der Waals surface area contributed by atoms with E-state index in [9.17, 15) is 0 Å². The van der Waals surface area contributed by atoms with Gasteiger partial charge < -0.3 is 20.1 Å². The fraction of sp³-hybridized carbons (Fsp3) is 0.235. The van der Waals surface area contributed by atoms with E-state index in [0.29, 0.717) is 18.3 Å². The van der Waals surface area contributed by atoms with Crippen LogP contribution in [0.5, 0.6) is 11.5 Å². The molecule has 0 radical (unpaired) electrons. The van der Waals surface area contributed by atoms with Gasteiger partial charge in [0.15, 0.2) is 5.11 Å².